The first kappa shape index (κ1) is 15.8. The van der Waals surface area contributed by atoms with Gasteiger partial charge >= 0.3 is 5.76 Å². The predicted molar refractivity (Wildman–Crippen MR) is 69.0 cm³/mol. The van der Waals surface area contributed by atoms with Crippen LogP contribution in [0.3, 0.4) is 0 Å². The first-order valence-corrected chi connectivity index (χ1v) is 7.39. The largest absolute Gasteiger partial charge is 0.396 e. The smallest absolute Gasteiger partial charge is 0.341 e. The number of aliphatic hydroxyl groups excluding tert-OH is 1. The van der Waals surface area contributed by atoms with Crippen LogP contribution in [0.4, 0.5) is 14.5 Å². The minimum absolute atomic E-state index is 0.106. The molecule has 0 fully saturated rings. The van der Waals surface area contributed by atoms with Gasteiger partial charge in [0.25, 0.3) is 0 Å². The molecule has 0 amide bonds. The number of hydrogen-bond donors (Lipinski definition) is 2. The van der Waals surface area contributed by atoms with Crippen molar-refractivity contribution >= 4 is 15.5 Å². The molecule has 0 saturated heterocycles. The van der Waals surface area contributed by atoms with Gasteiger partial charge in [-0.15, -0.1) is 0 Å². The van der Waals surface area contributed by atoms with Gasteiger partial charge in [-0.25, -0.2) is 8.42 Å². The van der Waals surface area contributed by atoms with E-state index in [2.05, 4.69) is 5.32 Å². The molecule has 0 bridgehead atoms. The van der Waals surface area contributed by atoms with Crippen molar-refractivity contribution < 1.29 is 22.3 Å². The van der Waals surface area contributed by atoms with Crippen LogP contribution in [0.1, 0.15) is 13.3 Å². The van der Waals surface area contributed by atoms with E-state index < -0.39 is 20.5 Å². The fraction of sp³-hybridized carbons (Fsp3) is 0.500. The fourth-order valence-electron chi connectivity index (χ4n) is 1.48. The number of benzene rings is 1. The Morgan fingerprint density at radius 2 is 1.84 bits per heavy atom. The minimum atomic E-state index is -4.53. The lowest BCUT2D eigenvalue weighted by Crippen LogP contribution is -2.13. The molecular formula is C12H17F2NO3S. The van der Waals surface area contributed by atoms with Crippen molar-refractivity contribution in [2.75, 3.05) is 18.5 Å². The Balaban J connectivity index is 2.67. The highest BCUT2D eigenvalue weighted by Crippen LogP contribution is 2.20. The number of nitrogens with one attached hydrogen (secondary N) is 1. The second kappa shape index (κ2) is 6.81. The summed E-state index contributed by atoms with van der Waals surface area (Å²) in [4.78, 5) is -0.392. The third-order valence-corrected chi connectivity index (χ3v) is 4.09. The third-order valence-electron chi connectivity index (χ3n) is 2.69. The van der Waals surface area contributed by atoms with Gasteiger partial charge in [-0.2, -0.15) is 8.78 Å². The molecule has 0 aromatic heterocycles. The second-order valence-electron chi connectivity index (χ2n) is 4.33. The summed E-state index contributed by atoms with van der Waals surface area (Å²) in [6, 6.07) is 5.20. The van der Waals surface area contributed by atoms with Crippen LogP contribution in [0.5, 0.6) is 0 Å². The molecule has 19 heavy (non-hydrogen) atoms. The van der Waals surface area contributed by atoms with E-state index in [-0.39, 0.29) is 12.5 Å². The van der Waals surface area contributed by atoms with E-state index in [1.807, 2.05) is 6.92 Å². The van der Waals surface area contributed by atoms with Gasteiger partial charge in [0.15, 0.2) is 0 Å². The average Bonchev–Trinajstić information content (AvgIpc) is 2.37. The summed E-state index contributed by atoms with van der Waals surface area (Å²) in [5.74, 6) is -3.15. The number of aliphatic hydroxyl groups is 1. The Labute approximate surface area is 111 Å². The predicted octanol–water partition coefficient (Wildman–Crippen LogP) is 2.11. The highest BCUT2D eigenvalue weighted by molar-refractivity contribution is 7.91. The number of rotatable bonds is 7. The minimum Gasteiger partial charge on any atom is -0.396 e. The van der Waals surface area contributed by atoms with Gasteiger partial charge < -0.3 is 10.4 Å². The molecule has 0 aliphatic rings. The Morgan fingerprint density at radius 3 is 2.32 bits per heavy atom. The van der Waals surface area contributed by atoms with Gasteiger partial charge in [-0.05, 0) is 36.6 Å². The van der Waals surface area contributed by atoms with Gasteiger partial charge in [0.2, 0.25) is 9.84 Å². The lowest BCUT2D eigenvalue weighted by atomic mass is 10.1. The van der Waals surface area contributed by atoms with Crippen LogP contribution in [-0.2, 0) is 9.84 Å². The van der Waals surface area contributed by atoms with Crippen molar-refractivity contribution in [2.45, 2.75) is 24.0 Å². The lowest BCUT2D eigenvalue weighted by molar-refractivity contribution is 0.234. The topological polar surface area (TPSA) is 66.4 Å². The van der Waals surface area contributed by atoms with Crippen LogP contribution >= 0.6 is 0 Å². The van der Waals surface area contributed by atoms with Gasteiger partial charge in [-0.3, -0.25) is 0 Å². The molecule has 1 aromatic carbocycles. The molecule has 0 spiro atoms. The molecule has 108 valence electrons. The summed E-state index contributed by atoms with van der Waals surface area (Å²) in [5.41, 5.74) is 0.651. The summed E-state index contributed by atoms with van der Waals surface area (Å²) in [5, 5.41) is 11.8. The SMILES string of the molecule is CC(CCO)CNc1ccc(S(=O)(=O)C(F)F)cc1. The van der Waals surface area contributed by atoms with Crippen molar-refractivity contribution in [3.05, 3.63) is 24.3 Å². The van der Waals surface area contributed by atoms with Crippen LogP contribution < -0.4 is 5.32 Å². The highest BCUT2D eigenvalue weighted by atomic mass is 32.2. The average molecular weight is 293 g/mol. The van der Waals surface area contributed by atoms with E-state index in [9.17, 15) is 17.2 Å². The Hall–Kier alpha value is -1.21. The molecule has 0 saturated carbocycles. The van der Waals surface area contributed by atoms with Crippen LogP contribution in [-0.4, -0.2) is 32.4 Å². The maximum absolute atomic E-state index is 12.3. The number of alkyl halides is 2. The molecular weight excluding hydrogens is 276 g/mol. The zero-order valence-corrected chi connectivity index (χ0v) is 11.3. The first-order valence-electron chi connectivity index (χ1n) is 5.84. The van der Waals surface area contributed by atoms with Crippen molar-refractivity contribution in [3.63, 3.8) is 0 Å². The summed E-state index contributed by atoms with van der Waals surface area (Å²) in [7, 11) is -4.53. The van der Waals surface area contributed by atoms with E-state index in [1.165, 1.54) is 12.1 Å². The van der Waals surface area contributed by atoms with Crippen LogP contribution in [0.25, 0.3) is 0 Å². The molecule has 0 aliphatic carbocycles. The van der Waals surface area contributed by atoms with Crippen molar-refractivity contribution in [3.8, 4) is 0 Å². The number of anilines is 1. The monoisotopic (exact) mass is 293 g/mol. The summed E-state index contributed by atoms with van der Waals surface area (Å²) in [6.45, 7) is 2.68. The number of halogens is 2. The normalized spacial score (nSPS) is 13.5. The van der Waals surface area contributed by atoms with E-state index in [0.717, 1.165) is 12.1 Å². The Bertz CT molecular complexity index is 488. The van der Waals surface area contributed by atoms with Gasteiger partial charge in [0.1, 0.15) is 0 Å². The third kappa shape index (κ3) is 4.43. The van der Waals surface area contributed by atoms with E-state index in [4.69, 9.17) is 5.11 Å². The summed E-state index contributed by atoms with van der Waals surface area (Å²) in [6.07, 6.45) is 0.658. The second-order valence-corrected chi connectivity index (χ2v) is 6.25. The van der Waals surface area contributed by atoms with Crippen LogP contribution in [0.2, 0.25) is 0 Å². The molecule has 0 aliphatic heterocycles. The quantitative estimate of drug-likeness (QED) is 0.808. The van der Waals surface area contributed by atoms with Gasteiger partial charge in [0.05, 0.1) is 4.90 Å². The van der Waals surface area contributed by atoms with Crippen molar-refractivity contribution in [2.24, 2.45) is 5.92 Å². The summed E-state index contributed by atoms with van der Waals surface area (Å²) >= 11 is 0. The molecule has 1 rings (SSSR count). The standard InChI is InChI=1S/C12H17F2NO3S/c1-9(6-7-16)8-15-10-2-4-11(5-3-10)19(17,18)12(13)14/h2-5,9,12,15-16H,6-8H2,1H3. The van der Waals surface area contributed by atoms with Gasteiger partial charge in [0, 0.05) is 18.8 Å². The molecule has 0 heterocycles. The highest BCUT2D eigenvalue weighted by Gasteiger charge is 2.26. The van der Waals surface area contributed by atoms with E-state index >= 15 is 0 Å². The molecule has 1 aromatic rings. The number of hydrogen-bond acceptors (Lipinski definition) is 4. The van der Waals surface area contributed by atoms with Gasteiger partial charge in [-0.1, -0.05) is 6.92 Å². The van der Waals surface area contributed by atoms with Crippen molar-refractivity contribution in [1.29, 1.82) is 0 Å². The maximum Gasteiger partial charge on any atom is 0.341 e. The van der Waals surface area contributed by atoms with Crippen LogP contribution in [0, 0.1) is 5.92 Å². The first-order chi connectivity index (χ1) is 8.87. The van der Waals surface area contributed by atoms with Crippen molar-refractivity contribution in [1.82, 2.24) is 0 Å². The summed E-state index contributed by atoms with van der Waals surface area (Å²) < 4.78 is 47.0. The molecule has 2 N–H and O–H groups in total. The zero-order valence-electron chi connectivity index (χ0n) is 10.5. The van der Waals surface area contributed by atoms with E-state index in [0.29, 0.717) is 18.7 Å². The van der Waals surface area contributed by atoms with Crippen LogP contribution in [0.15, 0.2) is 29.2 Å². The zero-order chi connectivity index (χ0) is 14.5. The Morgan fingerprint density at radius 1 is 1.26 bits per heavy atom. The lowest BCUT2D eigenvalue weighted by Gasteiger charge is -2.12. The Kier molecular flexibility index (Phi) is 5.68. The van der Waals surface area contributed by atoms with E-state index in [1.54, 1.807) is 0 Å². The molecule has 1 unspecified atom stereocenters. The fourth-order valence-corrected chi connectivity index (χ4v) is 2.20. The molecule has 7 heteroatoms. The molecule has 0 radical (unpaired) electrons. The number of sulfone groups is 1. The molecule has 1 atom stereocenters. The molecule has 4 nitrogen and oxygen atoms in total. The maximum atomic E-state index is 12.3.